The van der Waals surface area contributed by atoms with Crippen molar-refractivity contribution in [2.24, 2.45) is 23.7 Å². The Morgan fingerprint density at radius 3 is 2.73 bits per heavy atom. The van der Waals surface area contributed by atoms with Crippen molar-refractivity contribution in [2.75, 3.05) is 0 Å². The molecule has 2 N–H and O–H groups in total. The Labute approximate surface area is 134 Å². The van der Waals surface area contributed by atoms with Gasteiger partial charge in [0.1, 0.15) is 0 Å². The maximum Gasteiger partial charge on any atom is 0.305 e. The van der Waals surface area contributed by atoms with E-state index >= 15 is 0 Å². The average molecular weight is 308 g/mol. The minimum absolute atomic E-state index is 0.118. The van der Waals surface area contributed by atoms with Gasteiger partial charge in [-0.1, -0.05) is 51.2 Å². The molecule has 3 nitrogen and oxygen atoms in total. The number of aliphatic carboxylic acids is 1. The minimum Gasteiger partial charge on any atom is -0.481 e. The van der Waals surface area contributed by atoms with E-state index < -0.39 is 12.1 Å². The molecular weight excluding hydrogens is 276 g/mol. The summed E-state index contributed by atoms with van der Waals surface area (Å²) in [5.74, 6) is 2.19. The molecule has 0 bridgehead atoms. The van der Waals surface area contributed by atoms with Crippen LogP contribution in [0.15, 0.2) is 12.2 Å². The molecule has 0 heterocycles. The van der Waals surface area contributed by atoms with Gasteiger partial charge in [0.2, 0.25) is 0 Å². The molecular formula is C19H32O3. The maximum atomic E-state index is 10.6. The van der Waals surface area contributed by atoms with Gasteiger partial charge in [-0.3, -0.25) is 4.79 Å². The van der Waals surface area contributed by atoms with Crippen molar-refractivity contribution < 1.29 is 15.0 Å². The van der Waals surface area contributed by atoms with E-state index in [1.54, 1.807) is 0 Å². The van der Waals surface area contributed by atoms with E-state index in [-0.39, 0.29) is 6.42 Å². The highest BCUT2D eigenvalue weighted by Gasteiger charge is 2.34. The third-order valence-corrected chi connectivity index (χ3v) is 5.75. The number of rotatable bonds is 7. The molecule has 0 saturated heterocycles. The molecule has 3 heteroatoms. The Hall–Kier alpha value is -0.830. The van der Waals surface area contributed by atoms with Crippen molar-refractivity contribution in [1.82, 2.24) is 0 Å². The summed E-state index contributed by atoms with van der Waals surface area (Å²) >= 11 is 0. The largest absolute Gasteiger partial charge is 0.481 e. The first-order chi connectivity index (χ1) is 10.6. The van der Waals surface area contributed by atoms with Crippen LogP contribution >= 0.6 is 0 Å². The highest BCUT2D eigenvalue weighted by molar-refractivity contribution is 5.67. The lowest BCUT2D eigenvalue weighted by atomic mass is 9.67. The van der Waals surface area contributed by atoms with Gasteiger partial charge in [-0.25, -0.2) is 0 Å². The monoisotopic (exact) mass is 308 g/mol. The van der Waals surface area contributed by atoms with Gasteiger partial charge in [0.25, 0.3) is 0 Å². The third kappa shape index (κ3) is 5.12. The van der Waals surface area contributed by atoms with Crippen LogP contribution in [0.2, 0.25) is 0 Å². The van der Waals surface area contributed by atoms with Crippen molar-refractivity contribution in [1.29, 1.82) is 0 Å². The number of carboxylic acid groups (broad SMARTS) is 1. The molecule has 0 aromatic rings. The molecule has 5 atom stereocenters. The standard InChI is InChI=1S/C19H32O3/c1-14-11-12-15-7-3-2-4-10-18(15)17(14)9-6-5-8-16(20)13-19(21)22/h11-12,14-18,20H,2-10,13H2,1H3,(H,21,22). The molecule has 2 rings (SSSR count). The number of unbranched alkanes of at least 4 members (excludes halogenated alkanes) is 1. The smallest absolute Gasteiger partial charge is 0.305 e. The predicted octanol–water partition coefficient (Wildman–Crippen LogP) is 4.40. The fourth-order valence-corrected chi connectivity index (χ4v) is 4.53. The molecule has 0 aromatic heterocycles. The van der Waals surface area contributed by atoms with Crippen LogP contribution in [0.25, 0.3) is 0 Å². The van der Waals surface area contributed by atoms with Crippen molar-refractivity contribution in [3.8, 4) is 0 Å². The molecule has 1 fully saturated rings. The number of hydrogen-bond donors (Lipinski definition) is 2. The van der Waals surface area contributed by atoms with Gasteiger partial charge < -0.3 is 10.2 Å². The Bertz CT molecular complexity index is 377. The lowest BCUT2D eigenvalue weighted by molar-refractivity contribution is -0.139. The van der Waals surface area contributed by atoms with Crippen LogP contribution in [-0.4, -0.2) is 22.3 Å². The number of carbonyl (C=O) groups is 1. The van der Waals surface area contributed by atoms with Gasteiger partial charge in [0.15, 0.2) is 0 Å². The summed E-state index contributed by atoms with van der Waals surface area (Å²) < 4.78 is 0. The van der Waals surface area contributed by atoms with Gasteiger partial charge in [0, 0.05) is 0 Å². The third-order valence-electron chi connectivity index (χ3n) is 5.75. The number of aliphatic hydroxyl groups is 1. The first-order valence-electron chi connectivity index (χ1n) is 9.16. The molecule has 2 aliphatic carbocycles. The number of carboxylic acids is 1. The number of hydrogen-bond acceptors (Lipinski definition) is 2. The molecule has 0 amide bonds. The summed E-state index contributed by atoms with van der Waals surface area (Å²) in [4.78, 5) is 10.6. The van der Waals surface area contributed by atoms with E-state index in [4.69, 9.17) is 5.11 Å². The zero-order chi connectivity index (χ0) is 15.9. The van der Waals surface area contributed by atoms with E-state index in [1.807, 2.05) is 0 Å². The second-order valence-corrected chi connectivity index (χ2v) is 7.41. The zero-order valence-electron chi connectivity index (χ0n) is 13.9. The molecule has 2 aliphatic rings. The quantitative estimate of drug-likeness (QED) is 0.541. The fourth-order valence-electron chi connectivity index (χ4n) is 4.53. The Kier molecular flexibility index (Phi) is 6.94. The lowest BCUT2D eigenvalue weighted by Crippen LogP contribution is -2.29. The predicted molar refractivity (Wildman–Crippen MR) is 88.6 cm³/mol. The average Bonchev–Trinajstić information content (AvgIpc) is 2.70. The van der Waals surface area contributed by atoms with Crippen molar-refractivity contribution >= 4 is 5.97 Å². The SMILES string of the molecule is CC1C=CC2CCCCCC2C1CCCCC(O)CC(=O)O. The number of fused-ring (bicyclic) bond motifs is 1. The molecule has 0 spiro atoms. The van der Waals surface area contributed by atoms with Crippen LogP contribution in [0.5, 0.6) is 0 Å². The summed E-state index contributed by atoms with van der Waals surface area (Å²) in [5, 5.41) is 18.3. The Morgan fingerprint density at radius 1 is 1.18 bits per heavy atom. The molecule has 5 unspecified atom stereocenters. The Balaban J connectivity index is 1.77. The van der Waals surface area contributed by atoms with E-state index in [1.165, 1.54) is 38.5 Å². The van der Waals surface area contributed by atoms with E-state index in [0.29, 0.717) is 12.3 Å². The summed E-state index contributed by atoms with van der Waals surface area (Å²) in [5.41, 5.74) is 0. The molecule has 0 aliphatic heterocycles. The van der Waals surface area contributed by atoms with Gasteiger partial charge >= 0.3 is 5.97 Å². The minimum atomic E-state index is -0.903. The molecule has 1 saturated carbocycles. The number of aliphatic hydroxyl groups excluding tert-OH is 1. The number of allylic oxidation sites excluding steroid dienone is 2. The maximum absolute atomic E-state index is 10.6. The highest BCUT2D eigenvalue weighted by Crippen LogP contribution is 2.43. The summed E-state index contributed by atoms with van der Waals surface area (Å²) in [6.07, 6.45) is 14.9. The van der Waals surface area contributed by atoms with Crippen LogP contribution in [0.1, 0.15) is 71.1 Å². The summed E-state index contributed by atoms with van der Waals surface area (Å²) in [6, 6.07) is 0. The molecule has 126 valence electrons. The lowest BCUT2D eigenvalue weighted by Gasteiger charge is -2.38. The van der Waals surface area contributed by atoms with Crippen LogP contribution in [0, 0.1) is 23.7 Å². The zero-order valence-corrected chi connectivity index (χ0v) is 13.9. The summed E-state index contributed by atoms with van der Waals surface area (Å²) in [6.45, 7) is 2.35. The Morgan fingerprint density at radius 2 is 1.95 bits per heavy atom. The molecule has 0 aromatic carbocycles. The topological polar surface area (TPSA) is 57.5 Å². The first-order valence-corrected chi connectivity index (χ1v) is 9.16. The normalized spacial score (nSPS) is 33.0. The van der Waals surface area contributed by atoms with Crippen LogP contribution in [0.4, 0.5) is 0 Å². The van der Waals surface area contributed by atoms with Crippen molar-refractivity contribution in [2.45, 2.75) is 77.2 Å². The highest BCUT2D eigenvalue weighted by atomic mass is 16.4. The first kappa shape index (κ1) is 17.5. The van der Waals surface area contributed by atoms with Crippen LogP contribution in [0.3, 0.4) is 0 Å². The van der Waals surface area contributed by atoms with E-state index in [0.717, 1.165) is 30.6 Å². The van der Waals surface area contributed by atoms with Crippen LogP contribution in [-0.2, 0) is 4.79 Å². The molecule has 0 radical (unpaired) electrons. The van der Waals surface area contributed by atoms with Gasteiger partial charge in [0.05, 0.1) is 12.5 Å². The van der Waals surface area contributed by atoms with Gasteiger partial charge in [-0.2, -0.15) is 0 Å². The van der Waals surface area contributed by atoms with E-state index in [9.17, 15) is 9.90 Å². The van der Waals surface area contributed by atoms with Gasteiger partial charge in [-0.05, 0) is 49.4 Å². The van der Waals surface area contributed by atoms with Gasteiger partial charge in [-0.15, -0.1) is 0 Å². The second kappa shape index (κ2) is 8.71. The van der Waals surface area contributed by atoms with Crippen LogP contribution < -0.4 is 0 Å². The van der Waals surface area contributed by atoms with E-state index in [2.05, 4.69) is 19.1 Å². The van der Waals surface area contributed by atoms with Crippen molar-refractivity contribution in [3.63, 3.8) is 0 Å². The second-order valence-electron chi connectivity index (χ2n) is 7.41. The summed E-state index contributed by atoms with van der Waals surface area (Å²) in [7, 11) is 0. The molecule has 22 heavy (non-hydrogen) atoms. The van der Waals surface area contributed by atoms with Crippen molar-refractivity contribution in [3.05, 3.63) is 12.2 Å². The fraction of sp³-hybridized carbons (Fsp3) is 0.842.